The zero-order chi connectivity index (χ0) is 14.5. The Morgan fingerprint density at radius 1 is 1.45 bits per heavy atom. The second kappa shape index (κ2) is 6.77. The van der Waals surface area contributed by atoms with Crippen LogP contribution in [0, 0.1) is 0 Å². The van der Waals surface area contributed by atoms with E-state index in [1.165, 1.54) is 0 Å². The van der Waals surface area contributed by atoms with Gasteiger partial charge in [-0.3, -0.25) is 0 Å². The van der Waals surface area contributed by atoms with Crippen molar-refractivity contribution < 1.29 is 4.74 Å². The van der Waals surface area contributed by atoms with Crippen LogP contribution in [0.3, 0.4) is 0 Å². The summed E-state index contributed by atoms with van der Waals surface area (Å²) in [7, 11) is 1.91. The lowest BCUT2D eigenvalue weighted by Crippen LogP contribution is -2.33. The molecule has 20 heavy (non-hydrogen) atoms. The van der Waals surface area contributed by atoms with Gasteiger partial charge in [0.2, 0.25) is 0 Å². The van der Waals surface area contributed by atoms with Crippen molar-refractivity contribution in [1.82, 2.24) is 14.9 Å². The van der Waals surface area contributed by atoms with Crippen LogP contribution in [-0.2, 0) is 6.54 Å². The highest BCUT2D eigenvalue weighted by Crippen LogP contribution is 2.23. The number of likely N-dealkylation sites (N-methyl/N-ethyl adjacent to an activating group) is 1. The SMILES string of the molecule is CCn1ccnc1C(NC)C(C)Oc1cccc(Cl)c1. The molecule has 0 aliphatic rings. The first-order valence-corrected chi connectivity index (χ1v) is 7.14. The summed E-state index contributed by atoms with van der Waals surface area (Å²) in [5, 5.41) is 3.94. The Bertz CT molecular complexity index is 556. The van der Waals surface area contributed by atoms with E-state index in [0.717, 1.165) is 18.1 Å². The number of hydrogen-bond acceptors (Lipinski definition) is 3. The van der Waals surface area contributed by atoms with Crippen molar-refractivity contribution in [1.29, 1.82) is 0 Å². The molecule has 1 aromatic heterocycles. The molecule has 0 saturated carbocycles. The van der Waals surface area contributed by atoms with Crippen LogP contribution >= 0.6 is 11.6 Å². The van der Waals surface area contributed by atoms with Gasteiger partial charge in [-0.15, -0.1) is 0 Å². The minimum atomic E-state index is -0.0637. The summed E-state index contributed by atoms with van der Waals surface area (Å²) < 4.78 is 8.08. The zero-order valence-corrected chi connectivity index (χ0v) is 12.8. The third kappa shape index (κ3) is 3.32. The summed E-state index contributed by atoms with van der Waals surface area (Å²) in [6.07, 6.45) is 3.73. The number of halogens is 1. The molecule has 1 aromatic carbocycles. The third-order valence-corrected chi connectivity index (χ3v) is 3.50. The van der Waals surface area contributed by atoms with Crippen LogP contribution in [0.4, 0.5) is 0 Å². The van der Waals surface area contributed by atoms with Crippen molar-refractivity contribution in [2.75, 3.05) is 7.05 Å². The zero-order valence-electron chi connectivity index (χ0n) is 12.0. The molecule has 2 unspecified atom stereocenters. The van der Waals surface area contributed by atoms with Crippen molar-refractivity contribution in [3.63, 3.8) is 0 Å². The van der Waals surface area contributed by atoms with E-state index in [0.29, 0.717) is 5.02 Å². The van der Waals surface area contributed by atoms with Crippen LogP contribution in [0.2, 0.25) is 5.02 Å². The molecule has 4 nitrogen and oxygen atoms in total. The summed E-state index contributed by atoms with van der Waals surface area (Å²) in [6.45, 7) is 5.01. The lowest BCUT2D eigenvalue weighted by atomic mass is 10.1. The molecule has 2 atom stereocenters. The first-order chi connectivity index (χ1) is 9.65. The fourth-order valence-electron chi connectivity index (χ4n) is 2.26. The lowest BCUT2D eigenvalue weighted by molar-refractivity contribution is 0.169. The normalized spacial score (nSPS) is 14.0. The number of hydrogen-bond donors (Lipinski definition) is 1. The van der Waals surface area contributed by atoms with Crippen molar-refractivity contribution in [3.05, 3.63) is 47.5 Å². The molecule has 0 aliphatic heterocycles. The standard InChI is InChI=1S/C15H20ClN3O/c1-4-19-9-8-18-15(19)14(17-3)11(2)20-13-7-5-6-12(16)10-13/h5-11,14,17H,4H2,1-3H3. The maximum atomic E-state index is 5.98. The molecule has 2 rings (SSSR count). The van der Waals surface area contributed by atoms with Crippen molar-refractivity contribution >= 4 is 11.6 Å². The molecule has 0 spiro atoms. The molecule has 0 radical (unpaired) electrons. The van der Waals surface area contributed by atoms with E-state index in [1.807, 2.05) is 50.6 Å². The van der Waals surface area contributed by atoms with E-state index >= 15 is 0 Å². The predicted molar refractivity (Wildman–Crippen MR) is 81.2 cm³/mol. The first kappa shape index (κ1) is 14.9. The molecule has 108 valence electrons. The number of nitrogens with zero attached hydrogens (tertiary/aromatic N) is 2. The highest BCUT2D eigenvalue weighted by Gasteiger charge is 2.23. The van der Waals surface area contributed by atoms with Crippen LogP contribution < -0.4 is 10.1 Å². The van der Waals surface area contributed by atoms with Crippen LogP contribution in [0.15, 0.2) is 36.7 Å². The average molecular weight is 294 g/mol. The number of aryl methyl sites for hydroxylation is 1. The Labute approximate surface area is 124 Å². The van der Waals surface area contributed by atoms with Crippen LogP contribution in [0.5, 0.6) is 5.75 Å². The monoisotopic (exact) mass is 293 g/mol. The van der Waals surface area contributed by atoms with Gasteiger partial charge in [0.25, 0.3) is 0 Å². The number of rotatable bonds is 6. The number of benzene rings is 1. The molecule has 0 bridgehead atoms. The summed E-state index contributed by atoms with van der Waals surface area (Å²) in [5.41, 5.74) is 0. The fraction of sp³-hybridized carbons (Fsp3) is 0.400. The van der Waals surface area contributed by atoms with E-state index in [-0.39, 0.29) is 12.1 Å². The Balaban J connectivity index is 2.15. The number of ether oxygens (including phenoxy) is 1. The minimum absolute atomic E-state index is 0.0175. The fourth-order valence-corrected chi connectivity index (χ4v) is 2.44. The van der Waals surface area contributed by atoms with Crippen LogP contribution in [-0.4, -0.2) is 22.7 Å². The molecule has 5 heteroatoms. The molecule has 0 amide bonds. The van der Waals surface area contributed by atoms with Gasteiger partial charge < -0.3 is 14.6 Å². The quantitative estimate of drug-likeness (QED) is 0.888. The maximum Gasteiger partial charge on any atom is 0.129 e. The van der Waals surface area contributed by atoms with Crippen LogP contribution in [0.25, 0.3) is 0 Å². The molecule has 0 fully saturated rings. The molecular weight excluding hydrogens is 274 g/mol. The molecular formula is C15H20ClN3O. The Morgan fingerprint density at radius 2 is 2.25 bits per heavy atom. The summed E-state index contributed by atoms with van der Waals surface area (Å²) >= 11 is 5.98. The van der Waals surface area contributed by atoms with E-state index in [1.54, 1.807) is 0 Å². The molecule has 1 heterocycles. The molecule has 0 saturated heterocycles. The van der Waals surface area contributed by atoms with E-state index < -0.39 is 0 Å². The van der Waals surface area contributed by atoms with Crippen molar-refractivity contribution in [3.8, 4) is 5.75 Å². The second-order valence-electron chi connectivity index (χ2n) is 4.62. The lowest BCUT2D eigenvalue weighted by Gasteiger charge is -2.24. The third-order valence-electron chi connectivity index (χ3n) is 3.27. The van der Waals surface area contributed by atoms with E-state index in [2.05, 4.69) is 21.8 Å². The van der Waals surface area contributed by atoms with Gasteiger partial charge in [-0.25, -0.2) is 4.98 Å². The summed E-state index contributed by atoms with van der Waals surface area (Å²) in [5.74, 6) is 1.74. The largest absolute Gasteiger partial charge is 0.489 e. The molecule has 2 aromatic rings. The smallest absolute Gasteiger partial charge is 0.129 e. The average Bonchev–Trinajstić information content (AvgIpc) is 2.88. The van der Waals surface area contributed by atoms with E-state index in [9.17, 15) is 0 Å². The number of aromatic nitrogens is 2. The van der Waals surface area contributed by atoms with Gasteiger partial charge in [0.1, 0.15) is 23.7 Å². The van der Waals surface area contributed by atoms with Gasteiger partial charge in [0, 0.05) is 24.0 Å². The predicted octanol–water partition coefficient (Wildman–Crippen LogP) is 3.28. The van der Waals surface area contributed by atoms with Gasteiger partial charge in [-0.2, -0.15) is 0 Å². The maximum absolute atomic E-state index is 5.98. The van der Waals surface area contributed by atoms with Crippen LogP contribution in [0.1, 0.15) is 25.7 Å². The van der Waals surface area contributed by atoms with Gasteiger partial charge in [-0.1, -0.05) is 17.7 Å². The minimum Gasteiger partial charge on any atom is -0.489 e. The Kier molecular flexibility index (Phi) is 5.04. The Hall–Kier alpha value is -1.52. The van der Waals surface area contributed by atoms with Gasteiger partial charge >= 0.3 is 0 Å². The topological polar surface area (TPSA) is 39.1 Å². The van der Waals surface area contributed by atoms with Crippen molar-refractivity contribution in [2.45, 2.75) is 32.5 Å². The molecule has 1 N–H and O–H groups in total. The molecule has 0 aliphatic carbocycles. The van der Waals surface area contributed by atoms with Gasteiger partial charge in [-0.05, 0) is 39.1 Å². The van der Waals surface area contributed by atoms with E-state index in [4.69, 9.17) is 16.3 Å². The second-order valence-corrected chi connectivity index (χ2v) is 5.05. The number of imidazole rings is 1. The van der Waals surface area contributed by atoms with Gasteiger partial charge in [0.05, 0.1) is 0 Å². The van der Waals surface area contributed by atoms with Gasteiger partial charge in [0.15, 0.2) is 0 Å². The first-order valence-electron chi connectivity index (χ1n) is 6.76. The van der Waals surface area contributed by atoms with Crippen molar-refractivity contribution in [2.24, 2.45) is 0 Å². The number of nitrogens with one attached hydrogen (secondary N) is 1. The summed E-state index contributed by atoms with van der Waals surface area (Å²) in [4.78, 5) is 4.43. The summed E-state index contributed by atoms with van der Waals surface area (Å²) in [6, 6.07) is 7.45. The Morgan fingerprint density at radius 3 is 2.90 bits per heavy atom. The highest BCUT2D eigenvalue weighted by molar-refractivity contribution is 6.30. The highest BCUT2D eigenvalue weighted by atomic mass is 35.5.